The van der Waals surface area contributed by atoms with Crippen LogP contribution in [0.1, 0.15) is 0 Å². The maximum absolute atomic E-state index is 6.45. The Morgan fingerprint density at radius 1 is 0.221 bits per heavy atom. The van der Waals surface area contributed by atoms with Crippen molar-refractivity contribution in [1.29, 1.82) is 0 Å². The lowest BCUT2D eigenvalue weighted by atomic mass is 9.96. The molecule has 0 bridgehead atoms. The Morgan fingerprint density at radius 2 is 0.529 bits per heavy atom. The van der Waals surface area contributed by atoms with Crippen molar-refractivity contribution < 1.29 is 4.42 Å². The summed E-state index contributed by atoms with van der Waals surface area (Å²) in [6, 6.07) is 98.0. The van der Waals surface area contributed by atoms with Crippen LogP contribution in [0.2, 0.25) is 0 Å². The molecule has 12 rings (SSSR count). The lowest BCUT2D eigenvalue weighted by molar-refractivity contribution is 0.670. The molecule has 0 N–H and O–H groups in total. The van der Waals surface area contributed by atoms with E-state index < -0.39 is 0 Å². The van der Waals surface area contributed by atoms with Crippen molar-refractivity contribution in [3.05, 3.63) is 273 Å². The van der Waals surface area contributed by atoms with Gasteiger partial charge in [0.2, 0.25) is 0 Å². The Morgan fingerprint density at radius 3 is 0.956 bits per heavy atom. The minimum atomic E-state index is 0.901. The Labute approximate surface area is 397 Å². The molecule has 2 nitrogen and oxygen atoms in total. The van der Waals surface area contributed by atoms with Crippen LogP contribution in [-0.4, -0.2) is 0 Å². The van der Waals surface area contributed by atoms with Crippen molar-refractivity contribution in [2.75, 3.05) is 4.90 Å². The molecule has 2 heteroatoms. The third-order valence-corrected chi connectivity index (χ3v) is 13.1. The van der Waals surface area contributed by atoms with E-state index in [0.717, 1.165) is 61.3 Å². The van der Waals surface area contributed by atoms with Crippen molar-refractivity contribution in [2.45, 2.75) is 0 Å². The molecule has 68 heavy (non-hydrogen) atoms. The van der Waals surface area contributed by atoms with Gasteiger partial charge in [-0.05, 0) is 139 Å². The smallest absolute Gasteiger partial charge is 0.143 e. The lowest BCUT2D eigenvalue weighted by Crippen LogP contribution is -2.09. The van der Waals surface area contributed by atoms with Crippen molar-refractivity contribution in [1.82, 2.24) is 0 Å². The minimum absolute atomic E-state index is 0.901. The van der Waals surface area contributed by atoms with Crippen LogP contribution in [0.4, 0.5) is 17.1 Å². The molecule has 0 unspecified atom stereocenters. The molecule has 320 valence electrons. The summed E-state index contributed by atoms with van der Waals surface area (Å²) in [5.41, 5.74) is 21.5. The van der Waals surface area contributed by atoms with Crippen LogP contribution in [0.25, 0.3) is 99.8 Å². The zero-order valence-electron chi connectivity index (χ0n) is 37.3. The van der Waals surface area contributed by atoms with Gasteiger partial charge in [-0.3, -0.25) is 0 Å². The molecular formula is C66H45NO. The number of hydrogen-bond acceptors (Lipinski definition) is 2. The van der Waals surface area contributed by atoms with Gasteiger partial charge in [0, 0.05) is 33.4 Å². The fourth-order valence-corrected chi connectivity index (χ4v) is 9.59. The van der Waals surface area contributed by atoms with Crippen LogP contribution in [0.5, 0.6) is 0 Å². The second-order valence-corrected chi connectivity index (χ2v) is 17.3. The van der Waals surface area contributed by atoms with E-state index in [4.69, 9.17) is 4.42 Å². The van der Waals surface area contributed by atoms with Gasteiger partial charge in [0.15, 0.2) is 0 Å². The van der Waals surface area contributed by atoms with Crippen molar-refractivity contribution in [2.24, 2.45) is 0 Å². The standard InChI is InChI=1S/C66H45NO/c1-3-14-46(15-4-1)51-18-9-22-55(42-51)57-24-11-20-53(44-57)48-30-36-59(37-31-48)67(61-40-34-50(35-41-61)62-27-13-28-64-63-26-7-8-29-65(63)68-66(62)64)60-38-32-49(33-39-60)54-21-12-25-58(45-54)56-23-10-19-52(43-56)47-16-5-2-6-17-47/h1-45H. The van der Waals surface area contributed by atoms with E-state index in [9.17, 15) is 0 Å². The van der Waals surface area contributed by atoms with Crippen LogP contribution < -0.4 is 4.90 Å². The number of rotatable bonds is 10. The molecule has 0 saturated carbocycles. The zero-order valence-corrected chi connectivity index (χ0v) is 37.3. The third kappa shape index (κ3) is 7.95. The minimum Gasteiger partial charge on any atom is -0.455 e. The van der Waals surface area contributed by atoms with Crippen LogP contribution in [0, 0.1) is 0 Å². The lowest BCUT2D eigenvalue weighted by Gasteiger charge is -2.26. The van der Waals surface area contributed by atoms with Gasteiger partial charge in [-0.1, -0.05) is 206 Å². The predicted octanol–water partition coefficient (Wildman–Crippen LogP) is 18.7. The van der Waals surface area contributed by atoms with Gasteiger partial charge in [0.1, 0.15) is 11.2 Å². The second-order valence-electron chi connectivity index (χ2n) is 17.3. The van der Waals surface area contributed by atoms with E-state index in [2.05, 4.69) is 266 Å². The van der Waals surface area contributed by atoms with E-state index >= 15 is 0 Å². The first-order valence-electron chi connectivity index (χ1n) is 23.2. The van der Waals surface area contributed by atoms with Gasteiger partial charge < -0.3 is 9.32 Å². The van der Waals surface area contributed by atoms with Crippen LogP contribution in [-0.2, 0) is 0 Å². The molecule has 0 atom stereocenters. The summed E-state index contributed by atoms with van der Waals surface area (Å²) in [5.74, 6) is 0. The summed E-state index contributed by atoms with van der Waals surface area (Å²) in [5, 5.41) is 2.26. The molecule has 12 aromatic rings. The highest BCUT2D eigenvalue weighted by atomic mass is 16.3. The van der Waals surface area contributed by atoms with Gasteiger partial charge in [-0.2, -0.15) is 0 Å². The van der Waals surface area contributed by atoms with Crippen molar-refractivity contribution in [3.63, 3.8) is 0 Å². The quantitative estimate of drug-likeness (QED) is 0.136. The van der Waals surface area contributed by atoms with E-state index in [0.29, 0.717) is 0 Å². The van der Waals surface area contributed by atoms with E-state index in [1.165, 1.54) is 55.6 Å². The van der Waals surface area contributed by atoms with Gasteiger partial charge in [0.25, 0.3) is 0 Å². The first-order valence-corrected chi connectivity index (χ1v) is 23.2. The number of nitrogens with zero attached hydrogens (tertiary/aromatic N) is 1. The highest BCUT2D eigenvalue weighted by Crippen LogP contribution is 2.41. The average Bonchev–Trinajstić information content (AvgIpc) is 3.81. The molecule has 0 spiro atoms. The molecule has 1 heterocycles. The summed E-state index contributed by atoms with van der Waals surface area (Å²) in [7, 11) is 0. The highest BCUT2D eigenvalue weighted by Gasteiger charge is 2.17. The van der Waals surface area contributed by atoms with Gasteiger partial charge in [-0.25, -0.2) is 0 Å². The highest BCUT2D eigenvalue weighted by molar-refractivity contribution is 6.09. The molecule has 0 amide bonds. The fraction of sp³-hybridized carbons (Fsp3) is 0. The van der Waals surface area contributed by atoms with Crippen LogP contribution in [0.3, 0.4) is 0 Å². The normalized spacial score (nSPS) is 11.2. The molecule has 0 fully saturated rings. The Kier molecular flexibility index (Phi) is 10.6. The molecule has 0 saturated heterocycles. The van der Waals surface area contributed by atoms with E-state index in [1.807, 2.05) is 12.1 Å². The molecule has 0 aliphatic rings. The molecule has 0 aliphatic heterocycles. The van der Waals surface area contributed by atoms with Gasteiger partial charge >= 0.3 is 0 Å². The third-order valence-electron chi connectivity index (χ3n) is 13.1. The number of benzene rings is 11. The van der Waals surface area contributed by atoms with Gasteiger partial charge in [0.05, 0.1) is 0 Å². The van der Waals surface area contributed by atoms with Crippen LogP contribution in [0.15, 0.2) is 277 Å². The summed E-state index contributed by atoms with van der Waals surface area (Å²) in [6.07, 6.45) is 0. The Hall–Kier alpha value is -8.98. The van der Waals surface area contributed by atoms with Crippen molar-refractivity contribution in [3.8, 4) is 77.9 Å². The number of para-hydroxylation sites is 2. The molecular weight excluding hydrogens is 823 g/mol. The second kappa shape index (κ2) is 17.8. The summed E-state index contributed by atoms with van der Waals surface area (Å²) < 4.78 is 6.45. The molecule has 0 aliphatic carbocycles. The fourth-order valence-electron chi connectivity index (χ4n) is 9.59. The van der Waals surface area contributed by atoms with E-state index in [1.54, 1.807) is 0 Å². The maximum Gasteiger partial charge on any atom is 0.143 e. The predicted molar refractivity (Wildman–Crippen MR) is 286 cm³/mol. The number of anilines is 3. The Balaban J connectivity index is 0.883. The monoisotopic (exact) mass is 867 g/mol. The van der Waals surface area contributed by atoms with E-state index in [-0.39, 0.29) is 0 Å². The largest absolute Gasteiger partial charge is 0.455 e. The number of furan rings is 1. The SMILES string of the molecule is c1ccc(-c2cccc(-c3cccc(-c4ccc(N(c5ccc(-c6cccc(-c7cccc(-c8ccccc8)c7)c6)cc5)c5ccc(-c6cccc7c6oc6ccccc67)cc5)cc4)c3)c2)cc1. The summed E-state index contributed by atoms with van der Waals surface area (Å²) in [4.78, 5) is 2.34. The first kappa shape index (κ1) is 40.5. The summed E-state index contributed by atoms with van der Waals surface area (Å²) in [6.45, 7) is 0. The maximum atomic E-state index is 6.45. The zero-order chi connectivity index (χ0) is 45.2. The number of fused-ring (bicyclic) bond motifs is 3. The summed E-state index contributed by atoms with van der Waals surface area (Å²) >= 11 is 0. The Bertz CT molecular complexity index is 3530. The topological polar surface area (TPSA) is 16.4 Å². The van der Waals surface area contributed by atoms with Crippen LogP contribution >= 0.6 is 0 Å². The van der Waals surface area contributed by atoms with Crippen molar-refractivity contribution >= 4 is 39.0 Å². The molecule has 1 aromatic heterocycles. The first-order chi connectivity index (χ1) is 33.7. The number of hydrogen-bond donors (Lipinski definition) is 0. The molecule has 0 radical (unpaired) electrons. The van der Waals surface area contributed by atoms with Gasteiger partial charge in [-0.15, -0.1) is 0 Å². The molecule has 11 aromatic carbocycles. The average molecular weight is 868 g/mol.